The predicted molar refractivity (Wildman–Crippen MR) is 65.9 cm³/mol. The molecule has 0 radical (unpaired) electrons. The number of nitrogens with two attached hydrogens (primary N) is 1. The second-order valence-corrected chi connectivity index (χ2v) is 7.36. The molecule has 5 aliphatic rings. The van der Waals surface area contributed by atoms with E-state index in [0.29, 0.717) is 0 Å². The molecular formula is C15H25N. The van der Waals surface area contributed by atoms with Crippen molar-refractivity contribution in [3.05, 3.63) is 0 Å². The topological polar surface area (TPSA) is 26.0 Å². The zero-order chi connectivity index (χ0) is 10.8. The molecule has 1 heteroatoms. The van der Waals surface area contributed by atoms with Gasteiger partial charge < -0.3 is 5.73 Å². The minimum absolute atomic E-state index is 0.747. The Labute approximate surface area is 99.2 Å². The zero-order valence-electron chi connectivity index (χ0n) is 10.3. The number of hydrogen-bond donors (Lipinski definition) is 1. The van der Waals surface area contributed by atoms with E-state index in [0.717, 1.165) is 41.5 Å². The van der Waals surface area contributed by atoms with E-state index < -0.39 is 0 Å². The Morgan fingerprint density at radius 2 is 1.44 bits per heavy atom. The molecule has 0 unspecified atom stereocenters. The maximum atomic E-state index is 5.85. The minimum atomic E-state index is 0.747. The summed E-state index contributed by atoms with van der Waals surface area (Å²) in [5, 5.41) is 0. The van der Waals surface area contributed by atoms with Crippen molar-refractivity contribution in [2.75, 3.05) is 6.54 Å². The first-order valence-electron chi connectivity index (χ1n) is 7.51. The third-order valence-corrected chi connectivity index (χ3v) is 6.47. The minimum Gasteiger partial charge on any atom is -0.330 e. The summed E-state index contributed by atoms with van der Waals surface area (Å²) in [6.07, 6.45) is 12.3. The van der Waals surface area contributed by atoms with Crippen molar-refractivity contribution in [1.82, 2.24) is 0 Å². The van der Waals surface area contributed by atoms with Crippen molar-refractivity contribution < 1.29 is 0 Å². The van der Waals surface area contributed by atoms with Crippen molar-refractivity contribution in [2.45, 2.75) is 51.4 Å². The van der Waals surface area contributed by atoms with E-state index in [4.69, 9.17) is 5.73 Å². The summed E-state index contributed by atoms with van der Waals surface area (Å²) in [4.78, 5) is 0. The largest absolute Gasteiger partial charge is 0.330 e. The van der Waals surface area contributed by atoms with Gasteiger partial charge in [-0.25, -0.2) is 0 Å². The van der Waals surface area contributed by atoms with Gasteiger partial charge in [0.05, 0.1) is 0 Å². The quantitative estimate of drug-likeness (QED) is 0.775. The van der Waals surface area contributed by atoms with Crippen molar-refractivity contribution in [2.24, 2.45) is 40.7 Å². The van der Waals surface area contributed by atoms with E-state index in [1.54, 1.807) is 32.1 Å². The molecule has 0 aromatic carbocycles. The van der Waals surface area contributed by atoms with Crippen LogP contribution in [-0.2, 0) is 0 Å². The van der Waals surface area contributed by atoms with Crippen LogP contribution in [0.4, 0.5) is 0 Å². The lowest BCUT2D eigenvalue weighted by atomic mass is 9.48. The van der Waals surface area contributed by atoms with Gasteiger partial charge in [-0.1, -0.05) is 0 Å². The standard InChI is InChI=1S/C15H25N/c16-4-3-15(1-2-15)14-12-6-10-5-11(8-12)9-13(14)7-10/h10-14H,1-9,16H2. The third kappa shape index (κ3) is 1.27. The van der Waals surface area contributed by atoms with Gasteiger partial charge in [0.15, 0.2) is 0 Å². The summed E-state index contributed by atoms with van der Waals surface area (Å²) in [7, 11) is 0. The van der Waals surface area contributed by atoms with Gasteiger partial charge in [0.1, 0.15) is 0 Å². The van der Waals surface area contributed by atoms with E-state index in [-0.39, 0.29) is 0 Å². The fourth-order valence-corrected chi connectivity index (χ4v) is 6.12. The van der Waals surface area contributed by atoms with Crippen LogP contribution in [0.2, 0.25) is 0 Å². The van der Waals surface area contributed by atoms with Crippen LogP contribution < -0.4 is 5.73 Å². The lowest BCUT2D eigenvalue weighted by molar-refractivity contribution is -0.0700. The second-order valence-electron chi connectivity index (χ2n) is 7.36. The van der Waals surface area contributed by atoms with Crippen LogP contribution in [0.15, 0.2) is 0 Å². The summed E-state index contributed by atoms with van der Waals surface area (Å²) in [6.45, 7) is 0.933. The summed E-state index contributed by atoms with van der Waals surface area (Å²) in [6, 6.07) is 0. The second kappa shape index (κ2) is 3.25. The third-order valence-electron chi connectivity index (χ3n) is 6.47. The van der Waals surface area contributed by atoms with Crippen LogP contribution >= 0.6 is 0 Å². The summed E-state index contributed by atoms with van der Waals surface area (Å²) in [5.41, 5.74) is 6.60. The molecule has 90 valence electrons. The van der Waals surface area contributed by atoms with Gasteiger partial charge in [0, 0.05) is 0 Å². The molecule has 0 aliphatic heterocycles. The monoisotopic (exact) mass is 219 g/mol. The molecule has 5 aliphatic carbocycles. The van der Waals surface area contributed by atoms with Gasteiger partial charge in [-0.3, -0.25) is 0 Å². The molecule has 0 amide bonds. The van der Waals surface area contributed by atoms with Crippen molar-refractivity contribution >= 4 is 0 Å². The first-order valence-corrected chi connectivity index (χ1v) is 7.51. The van der Waals surface area contributed by atoms with Crippen molar-refractivity contribution in [3.8, 4) is 0 Å². The Bertz CT molecular complexity index is 264. The lowest BCUT2D eigenvalue weighted by Gasteiger charge is -2.57. The van der Waals surface area contributed by atoms with Gasteiger partial charge in [0.25, 0.3) is 0 Å². The SMILES string of the molecule is NCCC1(C2C3CC4CC(C3)CC2C4)CC1. The molecule has 0 aromatic heterocycles. The molecule has 2 N–H and O–H groups in total. The van der Waals surface area contributed by atoms with Crippen LogP contribution in [0.3, 0.4) is 0 Å². The molecule has 4 bridgehead atoms. The van der Waals surface area contributed by atoms with Gasteiger partial charge in [0.2, 0.25) is 0 Å². The normalized spacial score (nSPS) is 51.9. The highest BCUT2D eigenvalue weighted by molar-refractivity contribution is 5.09. The van der Waals surface area contributed by atoms with E-state index in [1.165, 1.54) is 19.3 Å². The maximum Gasteiger partial charge on any atom is -0.00719 e. The molecule has 1 nitrogen and oxygen atoms in total. The van der Waals surface area contributed by atoms with Crippen molar-refractivity contribution in [1.29, 1.82) is 0 Å². The lowest BCUT2D eigenvalue weighted by Crippen LogP contribution is -2.48. The average Bonchev–Trinajstić information content (AvgIpc) is 2.97. The Morgan fingerprint density at radius 3 is 1.88 bits per heavy atom. The number of hydrogen-bond acceptors (Lipinski definition) is 1. The summed E-state index contributed by atoms with van der Waals surface area (Å²) < 4.78 is 0. The molecule has 0 saturated heterocycles. The molecule has 5 saturated carbocycles. The van der Waals surface area contributed by atoms with E-state index in [1.807, 2.05) is 0 Å². The van der Waals surface area contributed by atoms with Gasteiger partial charge in [-0.05, 0) is 92.9 Å². The molecular weight excluding hydrogens is 194 g/mol. The van der Waals surface area contributed by atoms with E-state index in [2.05, 4.69) is 0 Å². The molecule has 0 aromatic rings. The molecule has 0 atom stereocenters. The van der Waals surface area contributed by atoms with Crippen LogP contribution in [0.5, 0.6) is 0 Å². The van der Waals surface area contributed by atoms with Crippen LogP contribution in [0.1, 0.15) is 51.4 Å². The van der Waals surface area contributed by atoms with Gasteiger partial charge in [-0.2, -0.15) is 0 Å². The molecule has 0 heterocycles. The Hall–Kier alpha value is -0.0400. The Morgan fingerprint density at radius 1 is 0.875 bits per heavy atom. The summed E-state index contributed by atoms with van der Waals surface area (Å²) >= 11 is 0. The first-order chi connectivity index (χ1) is 7.81. The van der Waals surface area contributed by atoms with Crippen molar-refractivity contribution in [3.63, 3.8) is 0 Å². The fourth-order valence-electron chi connectivity index (χ4n) is 6.12. The van der Waals surface area contributed by atoms with E-state index >= 15 is 0 Å². The molecule has 0 spiro atoms. The van der Waals surface area contributed by atoms with E-state index in [9.17, 15) is 0 Å². The molecule has 5 rings (SSSR count). The highest BCUT2D eigenvalue weighted by atomic mass is 14.7. The molecule has 16 heavy (non-hydrogen) atoms. The smallest absolute Gasteiger partial charge is 0.00719 e. The molecule has 5 fully saturated rings. The Balaban J connectivity index is 1.60. The van der Waals surface area contributed by atoms with Crippen LogP contribution in [0.25, 0.3) is 0 Å². The van der Waals surface area contributed by atoms with Crippen LogP contribution in [0, 0.1) is 35.0 Å². The van der Waals surface area contributed by atoms with Gasteiger partial charge in [-0.15, -0.1) is 0 Å². The predicted octanol–water partition coefficient (Wildman–Crippen LogP) is 3.19. The Kier molecular flexibility index (Phi) is 2.02. The summed E-state index contributed by atoms with van der Waals surface area (Å²) in [5.74, 6) is 5.60. The highest BCUT2D eigenvalue weighted by Crippen LogP contribution is 2.68. The zero-order valence-corrected chi connectivity index (χ0v) is 10.3. The average molecular weight is 219 g/mol. The fraction of sp³-hybridized carbons (Fsp3) is 1.00. The van der Waals surface area contributed by atoms with Crippen LogP contribution in [-0.4, -0.2) is 6.54 Å². The highest BCUT2D eigenvalue weighted by Gasteiger charge is 2.59. The first kappa shape index (κ1) is 9.94. The number of rotatable bonds is 3. The van der Waals surface area contributed by atoms with Gasteiger partial charge >= 0.3 is 0 Å². The maximum absolute atomic E-state index is 5.85.